The quantitative estimate of drug-likeness (QED) is 0.774. The van der Waals surface area contributed by atoms with Crippen molar-refractivity contribution in [3.8, 4) is 5.75 Å². The van der Waals surface area contributed by atoms with Gasteiger partial charge in [-0.05, 0) is 49.2 Å². The van der Waals surface area contributed by atoms with Gasteiger partial charge in [0.25, 0.3) is 0 Å². The highest BCUT2D eigenvalue weighted by Gasteiger charge is 2.19. The summed E-state index contributed by atoms with van der Waals surface area (Å²) in [4.78, 5) is 12.5. The van der Waals surface area contributed by atoms with Crippen LogP contribution >= 0.6 is 15.9 Å². The third-order valence-electron chi connectivity index (χ3n) is 3.09. The second-order valence-electron chi connectivity index (χ2n) is 4.61. The summed E-state index contributed by atoms with van der Waals surface area (Å²) in [6.07, 6.45) is 0. The Morgan fingerprint density at radius 3 is 2.45 bits per heavy atom. The molecule has 0 atom stereocenters. The lowest BCUT2D eigenvalue weighted by Gasteiger charge is -2.11. The Balaban J connectivity index is 2.55. The maximum absolute atomic E-state index is 13.9. The van der Waals surface area contributed by atoms with E-state index in [1.165, 1.54) is 19.2 Å². The topological polar surface area (TPSA) is 26.3 Å². The van der Waals surface area contributed by atoms with Crippen LogP contribution in [-0.2, 0) is 0 Å². The van der Waals surface area contributed by atoms with E-state index in [1.807, 2.05) is 6.92 Å². The minimum Gasteiger partial charge on any atom is -0.496 e. The van der Waals surface area contributed by atoms with Gasteiger partial charge in [0, 0.05) is 4.47 Å². The van der Waals surface area contributed by atoms with Gasteiger partial charge in [0.05, 0.1) is 18.2 Å². The van der Waals surface area contributed by atoms with Crippen LogP contribution in [0.25, 0.3) is 0 Å². The monoisotopic (exact) mass is 336 g/mol. The van der Waals surface area contributed by atoms with E-state index in [-0.39, 0.29) is 11.3 Å². The van der Waals surface area contributed by atoms with Crippen molar-refractivity contribution in [2.75, 3.05) is 7.11 Å². The van der Waals surface area contributed by atoms with Crippen molar-refractivity contribution in [1.82, 2.24) is 0 Å². The van der Waals surface area contributed by atoms with Crippen molar-refractivity contribution in [2.24, 2.45) is 0 Å². The summed E-state index contributed by atoms with van der Waals surface area (Å²) in [5.41, 5.74) is 2.11. The van der Waals surface area contributed by atoms with Gasteiger partial charge in [0.1, 0.15) is 11.6 Å². The Kier molecular flexibility index (Phi) is 4.23. The van der Waals surface area contributed by atoms with Gasteiger partial charge >= 0.3 is 0 Å². The van der Waals surface area contributed by atoms with Crippen molar-refractivity contribution in [1.29, 1.82) is 0 Å². The first kappa shape index (κ1) is 14.7. The summed E-state index contributed by atoms with van der Waals surface area (Å²) in [5, 5.41) is 0. The maximum Gasteiger partial charge on any atom is 0.199 e. The molecule has 2 nitrogen and oxygen atoms in total. The molecule has 104 valence electrons. The molecule has 0 saturated carbocycles. The molecule has 0 spiro atoms. The van der Waals surface area contributed by atoms with Gasteiger partial charge in [-0.15, -0.1) is 0 Å². The Labute approximate surface area is 125 Å². The number of ketones is 1. The second-order valence-corrected chi connectivity index (χ2v) is 5.47. The maximum atomic E-state index is 13.9. The number of carbonyl (C=O) groups excluding carboxylic acids is 1. The molecule has 4 heteroatoms. The number of aryl methyl sites for hydroxylation is 2. The molecule has 0 aliphatic rings. The summed E-state index contributed by atoms with van der Waals surface area (Å²) in [5.74, 6) is -0.468. The zero-order chi connectivity index (χ0) is 14.9. The van der Waals surface area contributed by atoms with Gasteiger partial charge in [0.2, 0.25) is 0 Å². The van der Waals surface area contributed by atoms with E-state index in [4.69, 9.17) is 4.74 Å². The SMILES string of the molecule is COc1cc(C)c(Br)cc1C(=O)c1ccc(C)cc1F. The molecule has 0 amide bonds. The molecule has 20 heavy (non-hydrogen) atoms. The largest absolute Gasteiger partial charge is 0.496 e. The van der Waals surface area contributed by atoms with Gasteiger partial charge in [-0.25, -0.2) is 4.39 Å². The van der Waals surface area contributed by atoms with E-state index in [1.54, 1.807) is 25.1 Å². The van der Waals surface area contributed by atoms with Crippen LogP contribution in [0.2, 0.25) is 0 Å². The first-order valence-corrected chi connectivity index (χ1v) is 6.88. The third-order valence-corrected chi connectivity index (χ3v) is 3.95. The molecular formula is C16H14BrFO2. The molecule has 0 unspecified atom stereocenters. The Bertz CT molecular complexity index is 680. The fourth-order valence-corrected chi connectivity index (χ4v) is 2.29. The molecule has 0 N–H and O–H groups in total. The number of methoxy groups -OCH3 is 1. The number of hydrogen-bond acceptors (Lipinski definition) is 2. The van der Waals surface area contributed by atoms with Crippen LogP contribution in [0.15, 0.2) is 34.8 Å². The van der Waals surface area contributed by atoms with Crippen LogP contribution in [0.4, 0.5) is 4.39 Å². The fraction of sp³-hybridized carbons (Fsp3) is 0.188. The Morgan fingerprint density at radius 1 is 1.15 bits per heavy atom. The highest BCUT2D eigenvalue weighted by atomic mass is 79.9. The number of halogens is 2. The normalized spacial score (nSPS) is 10.4. The van der Waals surface area contributed by atoms with Crippen LogP contribution in [-0.4, -0.2) is 12.9 Å². The van der Waals surface area contributed by atoms with Crippen molar-refractivity contribution < 1.29 is 13.9 Å². The van der Waals surface area contributed by atoms with E-state index < -0.39 is 5.82 Å². The standard InChI is InChI=1S/C16H14BrFO2/c1-9-4-5-11(14(18)6-9)16(19)12-8-13(17)10(2)7-15(12)20-3/h4-8H,1-3H3. The molecule has 0 radical (unpaired) electrons. The Hall–Kier alpha value is -1.68. The van der Waals surface area contributed by atoms with E-state index >= 15 is 0 Å². The van der Waals surface area contributed by atoms with Crippen LogP contribution in [0, 0.1) is 19.7 Å². The summed E-state index contributed by atoms with van der Waals surface area (Å²) < 4.78 is 19.9. The number of benzene rings is 2. The molecule has 0 aliphatic carbocycles. The van der Waals surface area contributed by atoms with Crippen molar-refractivity contribution >= 4 is 21.7 Å². The summed E-state index contributed by atoms with van der Waals surface area (Å²) in [7, 11) is 1.49. The Morgan fingerprint density at radius 2 is 1.85 bits per heavy atom. The highest BCUT2D eigenvalue weighted by Crippen LogP contribution is 2.29. The van der Waals surface area contributed by atoms with Crippen LogP contribution in [0.5, 0.6) is 5.75 Å². The van der Waals surface area contributed by atoms with E-state index in [0.717, 1.165) is 15.6 Å². The summed E-state index contributed by atoms with van der Waals surface area (Å²) in [6.45, 7) is 3.67. The van der Waals surface area contributed by atoms with Gasteiger partial charge in [-0.2, -0.15) is 0 Å². The molecule has 0 fully saturated rings. The molecule has 0 aromatic heterocycles. The minimum absolute atomic E-state index is 0.0460. The van der Waals surface area contributed by atoms with E-state index in [0.29, 0.717) is 11.3 Å². The van der Waals surface area contributed by atoms with Gasteiger partial charge < -0.3 is 4.74 Å². The van der Waals surface area contributed by atoms with Crippen molar-refractivity contribution in [2.45, 2.75) is 13.8 Å². The molecular weight excluding hydrogens is 323 g/mol. The highest BCUT2D eigenvalue weighted by molar-refractivity contribution is 9.10. The van der Waals surface area contributed by atoms with Gasteiger partial charge in [-0.3, -0.25) is 4.79 Å². The van der Waals surface area contributed by atoms with Crippen molar-refractivity contribution in [3.63, 3.8) is 0 Å². The molecule has 2 rings (SSSR count). The number of carbonyl (C=O) groups is 1. The van der Waals surface area contributed by atoms with Crippen LogP contribution in [0.1, 0.15) is 27.0 Å². The molecule has 0 bridgehead atoms. The minimum atomic E-state index is -0.520. The van der Waals surface area contributed by atoms with Crippen LogP contribution < -0.4 is 4.74 Å². The number of ether oxygens (including phenoxy) is 1. The molecule has 0 aliphatic heterocycles. The molecule has 2 aromatic rings. The van der Waals surface area contributed by atoms with Gasteiger partial charge in [0.15, 0.2) is 5.78 Å². The fourth-order valence-electron chi connectivity index (χ4n) is 1.95. The van der Waals surface area contributed by atoms with Gasteiger partial charge in [-0.1, -0.05) is 22.0 Å². The second kappa shape index (κ2) is 5.75. The number of hydrogen-bond donors (Lipinski definition) is 0. The summed E-state index contributed by atoms with van der Waals surface area (Å²) >= 11 is 3.38. The number of rotatable bonds is 3. The molecule has 0 saturated heterocycles. The van der Waals surface area contributed by atoms with E-state index in [2.05, 4.69) is 15.9 Å². The molecule has 2 aromatic carbocycles. The first-order valence-electron chi connectivity index (χ1n) is 6.09. The predicted molar refractivity (Wildman–Crippen MR) is 80.0 cm³/mol. The lowest BCUT2D eigenvalue weighted by molar-refractivity contribution is 0.103. The first-order chi connectivity index (χ1) is 9.43. The predicted octanol–water partition coefficient (Wildman–Crippen LogP) is 4.44. The lowest BCUT2D eigenvalue weighted by atomic mass is 9.99. The van der Waals surface area contributed by atoms with Crippen LogP contribution in [0.3, 0.4) is 0 Å². The third kappa shape index (κ3) is 2.75. The van der Waals surface area contributed by atoms with E-state index in [9.17, 15) is 9.18 Å². The molecule has 0 heterocycles. The zero-order valence-corrected chi connectivity index (χ0v) is 13.0. The average molecular weight is 337 g/mol. The lowest BCUT2D eigenvalue weighted by Crippen LogP contribution is -2.07. The zero-order valence-electron chi connectivity index (χ0n) is 11.5. The van der Waals surface area contributed by atoms with Crippen molar-refractivity contribution in [3.05, 3.63) is 62.9 Å². The smallest absolute Gasteiger partial charge is 0.199 e. The average Bonchev–Trinajstić information content (AvgIpc) is 2.40. The summed E-state index contributed by atoms with van der Waals surface area (Å²) in [6, 6.07) is 7.98.